The summed E-state index contributed by atoms with van der Waals surface area (Å²) >= 11 is 0. The minimum Gasteiger partial charge on any atom is -0.472 e. The van der Waals surface area contributed by atoms with E-state index in [1.807, 2.05) is 0 Å². The van der Waals surface area contributed by atoms with Crippen LogP contribution in [0, 0.1) is 0 Å². The van der Waals surface area contributed by atoms with Crippen molar-refractivity contribution in [3.8, 4) is 0 Å². The molecule has 124 valence electrons. The zero-order valence-electron chi connectivity index (χ0n) is 12.3. The first-order chi connectivity index (χ1) is 10.9. The van der Waals surface area contributed by atoms with Crippen LogP contribution in [0.4, 0.5) is 13.2 Å². The summed E-state index contributed by atoms with van der Waals surface area (Å²) in [6.07, 6.45) is 1.45. The molecule has 0 radical (unpaired) electrons. The molecule has 0 aromatic carbocycles. The van der Waals surface area contributed by atoms with Crippen molar-refractivity contribution in [3.63, 3.8) is 0 Å². The fourth-order valence-electron chi connectivity index (χ4n) is 2.75. The zero-order valence-corrected chi connectivity index (χ0v) is 12.3. The molecule has 8 heteroatoms. The van der Waals surface area contributed by atoms with Gasteiger partial charge in [-0.3, -0.25) is 9.48 Å². The van der Waals surface area contributed by atoms with Crippen LogP contribution in [0.3, 0.4) is 0 Å². The van der Waals surface area contributed by atoms with Crippen molar-refractivity contribution in [2.24, 2.45) is 0 Å². The quantitative estimate of drug-likeness (QED) is 0.871. The van der Waals surface area contributed by atoms with Crippen molar-refractivity contribution in [1.29, 1.82) is 0 Å². The summed E-state index contributed by atoms with van der Waals surface area (Å²) < 4.78 is 44.0. The second kappa shape index (κ2) is 6.10. The van der Waals surface area contributed by atoms with Gasteiger partial charge in [0.15, 0.2) is 5.69 Å². The van der Waals surface area contributed by atoms with Gasteiger partial charge in [-0.1, -0.05) is 0 Å². The Morgan fingerprint density at radius 2 is 2.04 bits per heavy atom. The van der Waals surface area contributed by atoms with Gasteiger partial charge in [0, 0.05) is 19.3 Å². The van der Waals surface area contributed by atoms with Gasteiger partial charge in [0.1, 0.15) is 0 Å². The number of hydrogen-bond acceptors (Lipinski definition) is 3. The van der Waals surface area contributed by atoms with Gasteiger partial charge in [-0.25, -0.2) is 0 Å². The number of nitrogens with zero attached hydrogens (tertiary/aromatic N) is 3. The number of piperidine rings is 1. The van der Waals surface area contributed by atoms with Crippen molar-refractivity contribution >= 4 is 5.91 Å². The minimum absolute atomic E-state index is 0.00120. The number of furan rings is 1. The number of halogens is 3. The number of aromatic nitrogens is 2. The number of amides is 1. The third kappa shape index (κ3) is 3.57. The molecule has 2 aromatic heterocycles. The smallest absolute Gasteiger partial charge is 0.435 e. The van der Waals surface area contributed by atoms with Crippen molar-refractivity contribution < 1.29 is 22.4 Å². The minimum atomic E-state index is -4.42. The number of rotatable bonds is 3. The zero-order chi connectivity index (χ0) is 16.4. The highest BCUT2D eigenvalue weighted by Gasteiger charge is 2.34. The fraction of sp³-hybridized carbons (Fsp3) is 0.467. The highest BCUT2D eigenvalue weighted by atomic mass is 19.4. The van der Waals surface area contributed by atoms with E-state index < -0.39 is 11.9 Å². The summed E-state index contributed by atoms with van der Waals surface area (Å²) in [5.41, 5.74) is -0.0602. The standard InChI is InChI=1S/C15H16F3N3O2/c16-15(17,18)13-3-7-21(19-13)12-1-5-20(6-2-12)14(22)9-11-4-8-23-10-11/h3-4,7-8,10,12H,1-2,5-6,9H2. The van der Waals surface area contributed by atoms with Crippen LogP contribution in [0.1, 0.15) is 30.1 Å². The van der Waals surface area contributed by atoms with E-state index >= 15 is 0 Å². The molecule has 3 heterocycles. The van der Waals surface area contributed by atoms with E-state index in [0.717, 1.165) is 11.6 Å². The molecule has 0 bridgehead atoms. The van der Waals surface area contributed by atoms with Crippen molar-refractivity contribution in [1.82, 2.24) is 14.7 Å². The molecule has 1 fully saturated rings. The van der Waals surface area contributed by atoms with Gasteiger partial charge in [-0.05, 0) is 30.5 Å². The first kappa shape index (κ1) is 15.6. The van der Waals surface area contributed by atoms with Crippen LogP contribution in [-0.4, -0.2) is 33.7 Å². The predicted octanol–water partition coefficient (Wildman–Crippen LogP) is 2.90. The Labute approximate surface area is 130 Å². The molecular formula is C15H16F3N3O2. The van der Waals surface area contributed by atoms with Gasteiger partial charge in [-0.2, -0.15) is 18.3 Å². The third-order valence-electron chi connectivity index (χ3n) is 4.03. The molecule has 5 nitrogen and oxygen atoms in total. The first-order valence-electron chi connectivity index (χ1n) is 7.34. The van der Waals surface area contributed by atoms with Gasteiger partial charge >= 0.3 is 6.18 Å². The lowest BCUT2D eigenvalue weighted by Gasteiger charge is -2.32. The maximum absolute atomic E-state index is 12.6. The Kier molecular flexibility index (Phi) is 4.14. The van der Waals surface area contributed by atoms with Gasteiger partial charge in [0.2, 0.25) is 5.91 Å². The maximum atomic E-state index is 12.6. The Hall–Kier alpha value is -2.25. The van der Waals surface area contributed by atoms with E-state index in [4.69, 9.17) is 4.42 Å². The molecular weight excluding hydrogens is 311 g/mol. The number of likely N-dealkylation sites (tertiary alicyclic amines) is 1. The molecule has 0 N–H and O–H groups in total. The highest BCUT2D eigenvalue weighted by molar-refractivity contribution is 5.78. The average molecular weight is 327 g/mol. The van der Waals surface area contributed by atoms with Crippen LogP contribution in [-0.2, 0) is 17.4 Å². The largest absolute Gasteiger partial charge is 0.472 e. The second-order valence-electron chi connectivity index (χ2n) is 5.60. The van der Waals surface area contributed by atoms with Crippen LogP contribution in [0.15, 0.2) is 35.3 Å². The molecule has 0 atom stereocenters. The first-order valence-corrected chi connectivity index (χ1v) is 7.34. The van der Waals surface area contributed by atoms with Gasteiger partial charge < -0.3 is 9.32 Å². The van der Waals surface area contributed by atoms with E-state index in [9.17, 15) is 18.0 Å². The number of alkyl halides is 3. The van der Waals surface area contributed by atoms with Crippen LogP contribution < -0.4 is 0 Å². The molecule has 23 heavy (non-hydrogen) atoms. The lowest BCUT2D eigenvalue weighted by atomic mass is 10.0. The SMILES string of the molecule is O=C(Cc1ccoc1)N1CCC(n2ccc(C(F)(F)F)n2)CC1. The Balaban J connectivity index is 1.56. The molecule has 3 rings (SSSR count). The Morgan fingerprint density at radius 1 is 1.30 bits per heavy atom. The Bertz CT molecular complexity index is 656. The van der Waals surface area contributed by atoms with Gasteiger partial charge in [-0.15, -0.1) is 0 Å². The van der Waals surface area contributed by atoms with Crippen LogP contribution in [0.2, 0.25) is 0 Å². The molecule has 0 aliphatic carbocycles. The predicted molar refractivity (Wildman–Crippen MR) is 74.5 cm³/mol. The maximum Gasteiger partial charge on any atom is 0.435 e. The van der Waals surface area contributed by atoms with E-state index in [1.54, 1.807) is 11.0 Å². The molecule has 1 aliphatic heterocycles. The Morgan fingerprint density at radius 3 is 2.61 bits per heavy atom. The topological polar surface area (TPSA) is 51.3 Å². The monoisotopic (exact) mass is 327 g/mol. The average Bonchev–Trinajstić information content (AvgIpc) is 3.18. The van der Waals surface area contributed by atoms with Crippen molar-refractivity contribution in [2.75, 3.05) is 13.1 Å². The van der Waals surface area contributed by atoms with E-state index in [0.29, 0.717) is 25.9 Å². The summed E-state index contributed by atoms with van der Waals surface area (Å²) in [6, 6.07) is 2.62. The second-order valence-corrected chi connectivity index (χ2v) is 5.60. The third-order valence-corrected chi connectivity index (χ3v) is 4.03. The van der Waals surface area contributed by atoms with Gasteiger partial charge in [0.25, 0.3) is 0 Å². The number of hydrogen-bond donors (Lipinski definition) is 0. The summed E-state index contributed by atoms with van der Waals surface area (Å²) in [5.74, 6) is 0.00120. The fourth-order valence-corrected chi connectivity index (χ4v) is 2.75. The molecule has 1 amide bonds. The summed E-state index contributed by atoms with van der Waals surface area (Å²) in [7, 11) is 0. The summed E-state index contributed by atoms with van der Waals surface area (Å²) in [4.78, 5) is 13.9. The van der Waals surface area contributed by atoms with E-state index in [2.05, 4.69) is 5.10 Å². The van der Waals surface area contributed by atoms with E-state index in [1.165, 1.54) is 23.4 Å². The van der Waals surface area contributed by atoms with Gasteiger partial charge in [0.05, 0.1) is 25.0 Å². The molecule has 0 unspecified atom stereocenters. The molecule has 1 saturated heterocycles. The van der Waals surface area contributed by atoms with Crippen LogP contribution in [0.25, 0.3) is 0 Å². The van der Waals surface area contributed by atoms with Crippen molar-refractivity contribution in [2.45, 2.75) is 31.5 Å². The lowest BCUT2D eigenvalue weighted by Crippen LogP contribution is -2.40. The van der Waals surface area contributed by atoms with Crippen LogP contribution in [0.5, 0.6) is 0 Å². The highest BCUT2D eigenvalue weighted by Crippen LogP contribution is 2.29. The summed E-state index contributed by atoms with van der Waals surface area (Å²) in [6.45, 7) is 1.03. The molecule has 0 saturated carbocycles. The van der Waals surface area contributed by atoms with Crippen LogP contribution >= 0.6 is 0 Å². The molecule has 1 aliphatic rings. The molecule has 2 aromatic rings. The lowest BCUT2D eigenvalue weighted by molar-refractivity contribution is -0.141. The molecule has 0 spiro atoms. The number of carbonyl (C=O) groups is 1. The summed E-state index contributed by atoms with van der Waals surface area (Å²) in [5, 5.41) is 3.61. The van der Waals surface area contributed by atoms with Crippen molar-refractivity contribution in [3.05, 3.63) is 42.1 Å². The normalized spacial score (nSPS) is 16.7. The number of carbonyl (C=O) groups excluding carboxylic acids is 1. The van der Waals surface area contributed by atoms with E-state index in [-0.39, 0.29) is 18.4 Å².